The molecule has 0 spiro atoms. The highest BCUT2D eigenvalue weighted by atomic mass is 32.1. The van der Waals surface area contributed by atoms with Gasteiger partial charge in [-0.3, -0.25) is 0 Å². The summed E-state index contributed by atoms with van der Waals surface area (Å²) in [5.74, 6) is 0. The Hall–Kier alpha value is -0.410. The minimum absolute atomic E-state index is 0.157. The van der Waals surface area contributed by atoms with Gasteiger partial charge < -0.3 is 5.32 Å². The van der Waals surface area contributed by atoms with E-state index in [0.29, 0.717) is 0 Å². The molecule has 3 heteroatoms. The molecule has 1 heterocycles. The number of rotatable bonds is 7. The van der Waals surface area contributed by atoms with E-state index in [1.807, 2.05) is 11.3 Å². The maximum absolute atomic E-state index is 4.85. The third kappa shape index (κ3) is 4.69. The average Bonchev–Trinajstić information content (AvgIpc) is 2.68. The Bertz CT molecular complexity index is 350. The summed E-state index contributed by atoms with van der Waals surface area (Å²) in [6.45, 7) is 13.3. The van der Waals surface area contributed by atoms with E-state index in [1.54, 1.807) is 0 Å². The molecule has 0 aromatic carbocycles. The van der Waals surface area contributed by atoms with Crippen molar-refractivity contribution in [1.29, 1.82) is 0 Å². The third-order valence-electron chi connectivity index (χ3n) is 2.91. The van der Waals surface area contributed by atoms with Gasteiger partial charge in [-0.2, -0.15) is 0 Å². The number of aryl methyl sites for hydroxylation is 1. The topological polar surface area (TPSA) is 24.9 Å². The van der Waals surface area contributed by atoms with Crippen LogP contribution in [0.4, 0.5) is 0 Å². The molecule has 0 amide bonds. The maximum Gasteiger partial charge on any atom is 0.0931 e. The summed E-state index contributed by atoms with van der Waals surface area (Å²) in [6.07, 6.45) is 4.80. The number of nitrogens with zero attached hydrogens (tertiary/aromatic N) is 1. The molecular weight excluding hydrogens is 240 g/mol. The van der Waals surface area contributed by atoms with Gasteiger partial charge in [0, 0.05) is 16.8 Å². The fraction of sp³-hybridized carbons (Fsp3) is 0.800. The third-order valence-corrected chi connectivity index (χ3v) is 4.02. The molecule has 0 bridgehead atoms. The zero-order chi connectivity index (χ0) is 13.6. The molecule has 0 radical (unpaired) electrons. The SMILES string of the molecule is CCCCNCc1sc(CCC)nc1C(C)(C)C. The van der Waals surface area contributed by atoms with E-state index >= 15 is 0 Å². The van der Waals surface area contributed by atoms with E-state index in [2.05, 4.69) is 39.9 Å². The Labute approximate surface area is 116 Å². The van der Waals surface area contributed by atoms with E-state index < -0.39 is 0 Å². The molecule has 0 aliphatic heterocycles. The quantitative estimate of drug-likeness (QED) is 0.746. The Kier molecular flexibility index (Phi) is 6.30. The fourth-order valence-electron chi connectivity index (χ4n) is 1.93. The van der Waals surface area contributed by atoms with Crippen LogP contribution in [0.1, 0.15) is 69.5 Å². The van der Waals surface area contributed by atoms with Gasteiger partial charge in [-0.1, -0.05) is 41.0 Å². The first-order valence-electron chi connectivity index (χ1n) is 7.18. The number of thiazole rings is 1. The lowest BCUT2D eigenvalue weighted by Crippen LogP contribution is -2.19. The summed E-state index contributed by atoms with van der Waals surface area (Å²) < 4.78 is 0. The first kappa shape index (κ1) is 15.6. The van der Waals surface area contributed by atoms with Gasteiger partial charge in [0.2, 0.25) is 0 Å². The number of hydrogen-bond acceptors (Lipinski definition) is 3. The lowest BCUT2D eigenvalue weighted by Gasteiger charge is -2.17. The maximum atomic E-state index is 4.85. The van der Waals surface area contributed by atoms with E-state index in [1.165, 1.54) is 34.8 Å². The molecule has 0 unspecified atom stereocenters. The minimum atomic E-state index is 0.157. The monoisotopic (exact) mass is 268 g/mol. The van der Waals surface area contributed by atoms with Crippen molar-refractivity contribution in [2.24, 2.45) is 0 Å². The normalized spacial score (nSPS) is 12.1. The van der Waals surface area contributed by atoms with Gasteiger partial charge in [0.1, 0.15) is 0 Å². The zero-order valence-electron chi connectivity index (χ0n) is 12.6. The molecule has 1 aromatic heterocycles. The molecule has 0 saturated carbocycles. The molecule has 2 nitrogen and oxygen atoms in total. The smallest absolute Gasteiger partial charge is 0.0931 e. The number of nitrogens with one attached hydrogen (secondary N) is 1. The van der Waals surface area contributed by atoms with Gasteiger partial charge in [0.05, 0.1) is 10.7 Å². The Morgan fingerprint density at radius 1 is 1.17 bits per heavy atom. The molecule has 0 atom stereocenters. The molecule has 1 rings (SSSR count). The number of hydrogen-bond donors (Lipinski definition) is 1. The van der Waals surface area contributed by atoms with Crippen molar-refractivity contribution < 1.29 is 0 Å². The van der Waals surface area contributed by atoms with E-state index in [0.717, 1.165) is 19.5 Å². The van der Waals surface area contributed by atoms with Gasteiger partial charge >= 0.3 is 0 Å². The van der Waals surface area contributed by atoms with Crippen molar-refractivity contribution in [1.82, 2.24) is 10.3 Å². The largest absolute Gasteiger partial charge is 0.312 e. The predicted octanol–water partition coefficient (Wildman–Crippen LogP) is 4.28. The summed E-state index contributed by atoms with van der Waals surface area (Å²) in [4.78, 5) is 6.28. The first-order valence-corrected chi connectivity index (χ1v) is 8.00. The van der Waals surface area contributed by atoms with Gasteiger partial charge in [-0.15, -0.1) is 11.3 Å². The predicted molar refractivity (Wildman–Crippen MR) is 81.4 cm³/mol. The Morgan fingerprint density at radius 2 is 1.89 bits per heavy atom. The van der Waals surface area contributed by atoms with E-state index in [9.17, 15) is 0 Å². The summed E-state index contributed by atoms with van der Waals surface area (Å²) >= 11 is 1.90. The van der Waals surface area contributed by atoms with Gasteiger partial charge in [0.25, 0.3) is 0 Å². The standard InChI is InChI=1S/C15H28N2S/c1-6-8-10-16-11-12-14(15(3,4)5)17-13(18-12)9-7-2/h16H,6-11H2,1-5H3. The van der Waals surface area contributed by atoms with E-state index in [-0.39, 0.29) is 5.41 Å². The van der Waals surface area contributed by atoms with Crippen molar-refractivity contribution in [3.63, 3.8) is 0 Å². The van der Waals surface area contributed by atoms with Crippen LogP contribution in [0.2, 0.25) is 0 Å². The number of unbranched alkanes of at least 4 members (excludes halogenated alkanes) is 1. The highest BCUT2D eigenvalue weighted by molar-refractivity contribution is 7.11. The van der Waals surface area contributed by atoms with Gasteiger partial charge in [-0.25, -0.2) is 4.98 Å². The minimum Gasteiger partial charge on any atom is -0.312 e. The van der Waals surface area contributed by atoms with Crippen LogP contribution in [0, 0.1) is 0 Å². The molecule has 0 aliphatic carbocycles. The fourth-order valence-corrected chi connectivity index (χ4v) is 3.28. The van der Waals surface area contributed by atoms with Crippen LogP contribution in [-0.2, 0) is 18.4 Å². The van der Waals surface area contributed by atoms with E-state index in [4.69, 9.17) is 4.98 Å². The van der Waals surface area contributed by atoms with Crippen LogP contribution in [0.25, 0.3) is 0 Å². The van der Waals surface area contributed by atoms with Crippen LogP contribution in [0.3, 0.4) is 0 Å². The van der Waals surface area contributed by atoms with Crippen molar-refractivity contribution in [2.75, 3.05) is 6.54 Å². The summed E-state index contributed by atoms with van der Waals surface area (Å²) in [7, 11) is 0. The number of aromatic nitrogens is 1. The second kappa shape index (κ2) is 7.25. The molecule has 1 aromatic rings. The zero-order valence-corrected chi connectivity index (χ0v) is 13.4. The lowest BCUT2D eigenvalue weighted by molar-refractivity contribution is 0.555. The Morgan fingerprint density at radius 3 is 2.44 bits per heavy atom. The molecule has 104 valence electrons. The highest BCUT2D eigenvalue weighted by Crippen LogP contribution is 2.30. The molecule has 0 saturated heterocycles. The summed E-state index contributed by atoms with van der Waals surface area (Å²) in [5, 5.41) is 4.84. The molecule has 0 aliphatic rings. The van der Waals surface area contributed by atoms with Gasteiger partial charge in [-0.05, 0) is 25.8 Å². The van der Waals surface area contributed by atoms with Crippen molar-refractivity contribution in [3.05, 3.63) is 15.6 Å². The Balaban J connectivity index is 2.73. The molecule has 0 fully saturated rings. The second-order valence-corrected chi connectivity index (χ2v) is 7.08. The van der Waals surface area contributed by atoms with Crippen molar-refractivity contribution >= 4 is 11.3 Å². The molecule has 18 heavy (non-hydrogen) atoms. The highest BCUT2D eigenvalue weighted by Gasteiger charge is 2.22. The van der Waals surface area contributed by atoms with Crippen LogP contribution in [-0.4, -0.2) is 11.5 Å². The molecular formula is C15H28N2S. The lowest BCUT2D eigenvalue weighted by atomic mass is 9.91. The van der Waals surface area contributed by atoms with Gasteiger partial charge in [0.15, 0.2) is 0 Å². The summed E-state index contributed by atoms with van der Waals surface area (Å²) in [6, 6.07) is 0. The average molecular weight is 268 g/mol. The second-order valence-electron chi connectivity index (χ2n) is 5.91. The van der Waals surface area contributed by atoms with Crippen LogP contribution < -0.4 is 5.32 Å². The van der Waals surface area contributed by atoms with Crippen LogP contribution in [0.5, 0.6) is 0 Å². The van der Waals surface area contributed by atoms with Crippen LogP contribution >= 0.6 is 11.3 Å². The van der Waals surface area contributed by atoms with Crippen molar-refractivity contribution in [2.45, 2.75) is 72.3 Å². The summed E-state index contributed by atoms with van der Waals surface area (Å²) in [5.41, 5.74) is 1.45. The van der Waals surface area contributed by atoms with Crippen molar-refractivity contribution in [3.8, 4) is 0 Å². The first-order chi connectivity index (χ1) is 8.49. The molecule has 1 N–H and O–H groups in total. The van der Waals surface area contributed by atoms with Crippen LogP contribution in [0.15, 0.2) is 0 Å².